The number of morpholine rings is 1. The van der Waals surface area contributed by atoms with Gasteiger partial charge in [-0.2, -0.15) is 66.7 Å². The molecule has 0 saturated carbocycles. The van der Waals surface area contributed by atoms with E-state index in [1.165, 1.54) is 6.33 Å². The van der Waals surface area contributed by atoms with Gasteiger partial charge in [0.25, 0.3) is 0 Å². The van der Waals surface area contributed by atoms with Gasteiger partial charge in [0.1, 0.15) is 22.1 Å². The number of ether oxygens (including phenoxy) is 1. The summed E-state index contributed by atoms with van der Waals surface area (Å²) in [5, 5.41) is 70.2. The summed E-state index contributed by atoms with van der Waals surface area (Å²) in [6.45, 7) is 89.5. The predicted molar refractivity (Wildman–Crippen MR) is 503 cm³/mol. The molecule has 0 amide bonds. The number of pyridine rings is 2. The maximum atomic E-state index is 5.25. The van der Waals surface area contributed by atoms with E-state index in [2.05, 4.69) is 412 Å². The zero-order chi connectivity index (χ0) is 92.8. The van der Waals surface area contributed by atoms with Crippen LogP contribution in [0.1, 0.15) is 270 Å². The number of hydrogen-bond donors (Lipinski definition) is 9. The van der Waals surface area contributed by atoms with E-state index in [0.29, 0.717) is 59.9 Å². The Morgan fingerprint density at radius 1 is 0.317 bits per heavy atom. The van der Waals surface area contributed by atoms with Crippen molar-refractivity contribution in [2.45, 2.75) is 276 Å². The van der Waals surface area contributed by atoms with Crippen LogP contribution >= 0.6 is 0 Å². The summed E-state index contributed by atoms with van der Waals surface area (Å²) in [5.74, 6) is 0. The fraction of sp³-hybridized carbons (Fsp3) is 0.582. The van der Waals surface area contributed by atoms with Gasteiger partial charge >= 0.3 is 0 Å². The molecule has 12 aromatic heterocycles. The highest BCUT2D eigenvalue weighted by Crippen LogP contribution is 2.16. The Morgan fingerprint density at radius 2 is 0.758 bits per heavy atom. The number of H-pyrrole nitrogens is 9. The van der Waals surface area contributed by atoms with Gasteiger partial charge in [0.2, 0.25) is 5.65 Å². The number of fused-ring (bicyclic) bond motifs is 5. The third kappa shape index (κ3) is 104. The Kier molecular flexibility index (Phi) is 59.7. The summed E-state index contributed by atoms with van der Waals surface area (Å²) in [5.41, 5.74) is 11.7. The van der Waals surface area contributed by atoms with E-state index >= 15 is 0 Å². The molecule has 0 unspecified atom stereocenters. The molecule has 120 heavy (non-hydrogen) atoms. The van der Waals surface area contributed by atoms with Crippen LogP contribution < -0.4 is 0 Å². The monoisotopic (exact) mass is 1660 g/mol. The van der Waals surface area contributed by atoms with Crippen LogP contribution in [0.4, 0.5) is 0 Å². The van der Waals surface area contributed by atoms with E-state index in [0.717, 1.165) is 75.8 Å². The van der Waals surface area contributed by atoms with Crippen molar-refractivity contribution >= 4 is 55.2 Å². The standard InChI is InChI=1S/C8H17NO.C7H6N2.2C6H5N3.2C5H4N4.9C5H12.2C3H4N2.C2H3N3.CH2N4/c1-8(2,3)9-4-6-10-7-5-9;1-2-4-7-6(3-1)5-8-9-7;1-2-7-4-6-5(1)3-8-9-6;1-2-4-6-5(3-1)7-9-8-6;1-2-7-5-4(6-1)3-8-9-5;1-2-4-5(6-3-1)8-9-7-4;9*1-5(2,3)4;1-2-5-3-4-1;3*1-2-4-5-3-1/h4-7H2,1-3H3;1-5H,(H,8,9);1-4H,(H,8,9);1-4H,(H,7,8,9);1-3H,(H,7,8,9);1-3H,(H,6,7,8,9);9*1-4H3;2*1-3H,(H,4,5);1-2H,(H,3,4,5);1H,(H,2,3,4,5). The lowest BCUT2D eigenvalue weighted by molar-refractivity contribution is -0.00389. The zero-order valence-electron chi connectivity index (χ0n) is 81.4. The Morgan fingerprint density at radius 3 is 1.11 bits per heavy atom. The van der Waals surface area contributed by atoms with Gasteiger partial charge in [0, 0.05) is 79.0 Å². The second kappa shape index (κ2) is 61.8. The van der Waals surface area contributed by atoms with Gasteiger partial charge in [0.05, 0.1) is 67.8 Å². The molecular formula is C91H162N28O. The van der Waals surface area contributed by atoms with Crippen LogP contribution in [-0.4, -0.2) is 174 Å². The lowest BCUT2D eigenvalue weighted by Crippen LogP contribution is -2.47. The summed E-state index contributed by atoms with van der Waals surface area (Å²) in [6, 6.07) is 23.1. The Balaban J connectivity index is -0.000000596. The molecule has 29 nitrogen and oxygen atoms in total. The van der Waals surface area contributed by atoms with Gasteiger partial charge in [-0.25, -0.2) is 19.9 Å². The highest BCUT2D eigenvalue weighted by Gasteiger charge is 2.22. The molecule has 14 aromatic rings. The lowest BCUT2D eigenvalue weighted by Gasteiger charge is -2.38. The minimum absolute atomic E-state index is 0.323. The van der Waals surface area contributed by atoms with Gasteiger partial charge in [-0.3, -0.25) is 30.3 Å². The Labute approximate surface area is 721 Å². The van der Waals surface area contributed by atoms with E-state index in [1.807, 2.05) is 79.0 Å². The van der Waals surface area contributed by atoms with Gasteiger partial charge in [-0.1, -0.05) is 285 Å². The maximum absolute atomic E-state index is 5.25. The highest BCUT2D eigenvalue weighted by atomic mass is 16.5. The number of tetrazole rings is 1. The molecule has 0 aliphatic carbocycles. The molecule has 15 rings (SSSR count). The molecule has 672 valence electrons. The number of imidazole rings is 1. The van der Waals surface area contributed by atoms with Crippen LogP contribution in [0.2, 0.25) is 0 Å². The average molecular weight is 1660 g/mol. The molecule has 1 aliphatic rings. The summed E-state index contributed by atoms with van der Waals surface area (Å²) in [7, 11) is 0. The molecular weight excluding hydrogens is 1500 g/mol. The number of rotatable bonds is 0. The first kappa shape index (κ1) is 116. The first-order valence-corrected chi connectivity index (χ1v) is 40.7. The van der Waals surface area contributed by atoms with Gasteiger partial charge in [-0.05, 0) is 112 Å². The van der Waals surface area contributed by atoms with Crippen molar-refractivity contribution in [1.29, 1.82) is 0 Å². The second-order valence-corrected chi connectivity index (χ2v) is 42.4. The quantitative estimate of drug-likeness (QED) is 0.0681. The number of nitrogens with zero attached hydrogens (tertiary/aromatic N) is 19. The largest absolute Gasteiger partial charge is 0.379 e. The molecule has 1 saturated heterocycles. The Bertz CT molecular complexity index is 3490. The van der Waals surface area contributed by atoms with Crippen LogP contribution in [0.15, 0.2) is 172 Å². The summed E-state index contributed by atoms with van der Waals surface area (Å²) in [6.07, 6.45) is 26.7. The van der Waals surface area contributed by atoms with Gasteiger partial charge in [-0.15, -0.1) is 15.3 Å². The third-order valence-corrected chi connectivity index (χ3v) is 9.36. The number of para-hydroxylation sites is 3. The van der Waals surface area contributed by atoms with Crippen molar-refractivity contribution in [2.24, 2.45) is 48.7 Å². The second-order valence-electron chi connectivity index (χ2n) is 42.4. The van der Waals surface area contributed by atoms with Gasteiger partial charge in [0.15, 0.2) is 12.0 Å². The van der Waals surface area contributed by atoms with Crippen LogP contribution in [-0.2, 0) is 4.74 Å². The molecule has 0 spiro atoms. The van der Waals surface area contributed by atoms with Crippen LogP contribution in [0.3, 0.4) is 0 Å². The summed E-state index contributed by atoms with van der Waals surface area (Å²) >= 11 is 0. The van der Waals surface area contributed by atoms with Gasteiger partial charge < -0.3 is 9.72 Å². The number of aromatic nitrogens is 27. The molecule has 1 fully saturated rings. The van der Waals surface area contributed by atoms with E-state index in [9.17, 15) is 0 Å². The highest BCUT2D eigenvalue weighted by molar-refractivity contribution is 5.77. The van der Waals surface area contributed by atoms with Crippen molar-refractivity contribution in [3.8, 4) is 0 Å². The van der Waals surface area contributed by atoms with Crippen LogP contribution in [0.5, 0.6) is 0 Å². The van der Waals surface area contributed by atoms with Crippen LogP contribution in [0, 0.1) is 48.7 Å². The summed E-state index contributed by atoms with van der Waals surface area (Å²) in [4.78, 5) is 24.7. The normalized spacial score (nSPS) is 11.6. The number of hydrogen-bond acceptors (Lipinski definition) is 20. The van der Waals surface area contributed by atoms with E-state index < -0.39 is 0 Å². The minimum Gasteiger partial charge on any atom is -0.379 e. The number of aromatic amines is 9. The first-order valence-electron chi connectivity index (χ1n) is 40.7. The fourth-order valence-electron chi connectivity index (χ4n) is 5.78. The summed E-state index contributed by atoms with van der Waals surface area (Å²) < 4.78 is 5.25. The minimum atomic E-state index is 0.323. The predicted octanol–water partition coefficient (Wildman–Crippen LogP) is 23.6. The van der Waals surface area contributed by atoms with Crippen molar-refractivity contribution in [1.82, 2.24) is 142 Å². The van der Waals surface area contributed by atoms with Crippen molar-refractivity contribution < 1.29 is 4.74 Å². The molecule has 0 atom stereocenters. The fourth-order valence-corrected chi connectivity index (χ4v) is 5.78. The molecule has 13 heterocycles. The van der Waals surface area contributed by atoms with E-state index in [4.69, 9.17) is 4.74 Å². The molecule has 1 aliphatic heterocycles. The van der Waals surface area contributed by atoms with Crippen molar-refractivity contribution in [3.05, 3.63) is 172 Å². The first-order chi connectivity index (χ1) is 54.9. The molecule has 9 N–H and O–H groups in total. The maximum Gasteiger partial charge on any atom is 0.201 e. The smallest absolute Gasteiger partial charge is 0.201 e. The molecule has 2 aromatic carbocycles. The van der Waals surface area contributed by atoms with Crippen molar-refractivity contribution in [3.63, 3.8) is 0 Å². The molecule has 0 bridgehead atoms. The number of nitrogens with one attached hydrogen (secondary N) is 9. The van der Waals surface area contributed by atoms with Crippen molar-refractivity contribution in [2.75, 3.05) is 26.3 Å². The molecule has 29 heteroatoms. The number of benzene rings is 2. The van der Waals surface area contributed by atoms with Crippen LogP contribution in [0.25, 0.3) is 55.2 Å². The lowest BCUT2D eigenvalue weighted by atomic mass is 10.0. The Hall–Kier alpha value is -10.4. The van der Waals surface area contributed by atoms with E-state index in [1.54, 1.807) is 86.9 Å². The molecule has 0 radical (unpaired) electrons. The third-order valence-electron chi connectivity index (χ3n) is 9.36. The topological polar surface area (TPSA) is 387 Å². The zero-order valence-corrected chi connectivity index (χ0v) is 81.4. The SMILES string of the molecule is CC(C)(C)C.CC(C)(C)C.CC(C)(C)C.CC(C)(C)C.CC(C)(C)C.CC(C)(C)C.CC(C)(C)C.CC(C)(C)C.CC(C)(C)C.CC(C)(C)N1CCOCC1.c1c[nH]cn1.c1cc2cn[nH]c2cn1.c1ccc2[nH]ncc2c1.c1ccc2n[nH]nc2c1.c1cn[nH]c1.c1cn[nH]n1.c1cnc2[nH]ncc2n1.c1cnc2n[nH]nc2c1.c1nn[nH]n1. The van der Waals surface area contributed by atoms with E-state index in [-0.39, 0.29) is 0 Å². The average Bonchev–Trinajstić information content (AvgIpc) is 1.77.